The van der Waals surface area contributed by atoms with Crippen LogP contribution in [0.3, 0.4) is 0 Å². The summed E-state index contributed by atoms with van der Waals surface area (Å²) in [6, 6.07) is 14.0. The number of hydrogen-bond donors (Lipinski definition) is 3. The lowest BCUT2D eigenvalue weighted by atomic mass is 9.83. The van der Waals surface area contributed by atoms with Crippen LogP contribution in [0.25, 0.3) is 10.9 Å². The zero-order valence-corrected chi connectivity index (χ0v) is 15.0. The van der Waals surface area contributed by atoms with Crippen molar-refractivity contribution >= 4 is 10.9 Å². The topological polar surface area (TPSA) is 121 Å². The van der Waals surface area contributed by atoms with Crippen LogP contribution in [-0.4, -0.2) is 16.7 Å². The molecule has 4 rings (SSSR count). The van der Waals surface area contributed by atoms with Gasteiger partial charge in [0.1, 0.15) is 17.4 Å². The number of nitrogens with one attached hydrogen (secondary N) is 1. The molecule has 1 aromatic heterocycles. The van der Waals surface area contributed by atoms with Gasteiger partial charge in [-0.25, -0.2) is 0 Å². The van der Waals surface area contributed by atoms with Gasteiger partial charge in [0.2, 0.25) is 5.88 Å². The van der Waals surface area contributed by atoms with E-state index in [0.717, 1.165) is 0 Å². The molecular weight excluding hydrogens is 358 g/mol. The van der Waals surface area contributed by atoms with Gasteiger partial charge in [-0.15, -0.1) is 0 Å². The van der Waals surface area contributed by atoms with Gasteiger partial charge in [0.15, 0.2) is 11.5 Å². The van der Waals surface area contributed by atoms with Crippen LogP contribution >= 0.6 is 0 Å². The number of phenols is 1. The molecule has 2 heterocycles. The number of para-hydroxylation sites is 1. The van der Waals surface area contributed by atoms with E-state index in [4.69, 9.17) is 15.2 Å². The second kappa shape index (κ2) is 6.67. The molecule has 1 aliphatic rings. The van der Waals surface area contributed by atoms with Crippen LogP contribution < -0.4 is 20.8 Å². The first kappa shape index (κ1) is 17.5. The third-order valence-corrected chi connectivity index (χ3v) is 4.70. The fraction of sp³-hybridized carbons (Fsp3) is 0.143. The standard InChI is InChI=1S/C21H17N3O4/c1-2-27-16-9-11(7-8-15(16)25)17-13(10-22)20(23)28-19-12-5-3-4-6-14(12)24-21(26)18(17)19/h3-9,17,25H,2,23H2,1H3,(H,24,26)/t17-/m0/s1. The van der Waals surface area contributed by atoms with Gasteiger partial charge in [-0.05, 0) is 36.8 Å². The molecule has 28 heavy (non-hydrogen) atoms. The highest BCUT2D eigenvalue weighted by Gasteiger charge is 2.34. The molecule has 0 spiro atoms. The van der Waals surface area contributed by atoms with Gasteiger partial charge in [-0.2, -0.15) is 5.26 Å². The molecule has 7 heteroatoms. The lowest BCUT2D eigenvalue weighted by molar-refractivity contribution is 0.317. The minimum Gasteiger partial charge on any atom is -0.504 e. The second-order valence-electron chi connectivity index (χ2n) is 6.33. The van der Waals surface area contributed by atoms with Crippen molar-refractivity contribution in [3.63, 3.8) is 0 Å². The smallest absolute Gasteiger partial charge is 0.256 e. The SMILES string of the molecule is CCOc1cc([C@H]2C(C#N)=C(N)Oc3c2c(=O)[nH]c2ccccc32)ccc1O. The van der Waals surface area contributed by atoms with Crippen LogP contribution in [0.2, 0.25) is 0 Å². The molecule has 0 bridgehead atoms. The number of phenolic OH excluding ortho intramolecular Hbond substituents is 1. The van der Waals surface area contributed by atoms with Crippen molar-refractivity contribution in [3.05, 3.63) is 75.4 Å². The molecule has 0 aliphatic carbocycles. The number of fused-ring (bicyclic) bond motifs is 3. The van der Waals surface area contributed by atoms with Crippen molar-refractivity contribution in [2.45, 2.75) is 12.8 Å². The summed E-state index contributed by atoms with van der Waals surface area (Å²) in [5, 5.41) is 20.4. The minimum atomic E-state index is -0.748. The van der Waals surface area contributed by atoms with E-state index in [9.17, 15) is 15.2 Å². The van der Waals surface area contributed by atoms with Gasteiger partial charge in [0, 0.05) is 5.39 Å². The summed E-state index contributed by atoms with van der Waals surface area (Å²) in [4.78, 5) is 15.8. The third kappa shape index (κ3) is 2.63. The summed E-state index contributed by atoms with van der Waals surface area (Å²) in [6.07, 6.45) is 0. The van der Waals surface area contributed by atoms with Gasteiger partial charge >= 0.3 is 0 Å². The van der Waals surface area contributed by atoms with Gasteiger partial charge < -0.3 is 25.3 Å². The van der Waals surface area contributed by atoms with Crippen LogP contribution in [0.4, 0.5) is 0 Å². The Morgan fingerprint density at radius 2 is 2.11 bits per heavy atom. The van der Waals surface area contributed by atoms with Gasteiger partial charge in [0.25, 0.3) is 5.56 Å². The number of H-pyrrole nitrogens is 1. The molecule has 0 amide bonds. The number of rotatable bonds is 3. The number of nitrogens with two attached hydrogens (primary N) is 1. The fourth-order valence-corrected chi connectivity index (χ4v) is 3.49. The van der Waals surface area contributed by atoms with Crippen LogP contribution in [0.5, 0.6) is 17.2 Å². The Labute approximate surface area is 160 Å². The summed E-state index contributed by atoms with van der Waals surface area (Å²) in [5.41, 5.74) is 7.29. The Balaban J connectivity index is 2.03. The first-order valence-electron chi connectivity index (χ1n) is 8.73. The van der Waals surface area contributed by atoms with E-state index in [1.54, 1.807) is 31.2 Å². The number of allylic oxidation sites excluding steroid dienone is 1. The Kier molecular flexibility index (Phi) is 4.17. The normalized spacial score (nSPS) is 15.6. The van der Waals surface area contributed by atoms with Crippen molar-refractivity contribution in [2.24, 2.45) is 5.73 Å². The quantitative estimate of drug-likeness (QED) is 0.647. The average Bonchev–Trinajstić information content (AvgIpc) is 2.69. The number of nitriles is 1. The molecule has 140 valence electrons. The molecule has 0 unspecified atom stereocenters. The highest BCUT2D eigenvalue weighted by molar-refractivity contribution is 5.87. The molecule has 0 fully saturated rings. The van der Waals surface area contributed by atoms with E-state index in [0.29, 0.717) is 28.8 Å². The first-order valence-corrected chi connectivity index (χ1v) is 8.73. The lowest BCUT2D eigenvalue weighted by Gasteiger charge is -2.26. The maximum Gasteiger partial charge on any atom is 0.256 e. The summed E-state index contributed by atoms with van der Waals surface area (Å²) in [6.45, 7) is 2.15. The van der Waals surface area contributed by atoms with Crippen molar-refractivity contribution in [1.82, 2.24) is 4.98 Å². The fourth-order valence-electron chi connectivity index (χ4n) is 3.49. The average molecular weight is 375 g/mol. The molecule has 0 radical (unpaired) electrons. The number of nitrogens with zero attached hydrogens (tertiary/aromatic N) is 1. The Hall–Kier alpha value is -3.92. The maximum atomic E-state index is 12.9. The van der Waals surface area contributed by atoms with Crippen LogP contribution in [0.1, 0.15) is 24.0 Å². The molecule has 1 atom stereocenters. The Bertz CT molecular complexity index is 1220. The highest BCUT2D eigenvalue weighted by atomic mass is 16.5. The second-order valence-corrected chi connectivity index (χ2v) is 6.33. The molecule has 0 saturated carbocycles. The minimum absolute atomic E-state index is 0.0271. The van der Waals surface area contributed by atoms with Crippen LogP contribution in [0, 0.1) is 11.3 Å². The summed E-state index contributed by atoms with van der Waals surface area (Å²) >= 11 is 0. The summed E-state index contributed by atoms with van der Waals surface area (Å²) < 4.78 is 11.2. The number of aromatic nitrogens is 1. The number of hydrogen-bond acceptors (Lipinski definition) is 6. The molecule has 3 aromatic rings. The molecular formula is C21H17N3O4. The van der Waals surface area contributed by atoms with Crippen molar-refractivity contribution in [3.8, 4) is 23.3 Å². The molecule has 7 nitrogen and oxygen atoms in total. The van der Waals surface area contributed by atoms with E-state index in [1.165, 1.54) is 6.07 Å². The number of ether oxygens (including phenoxy) is 2. The zero-order chi connectivity index (χ0) is 19.8. The van der Waals surface area contributed by atoms with E-state index < -0.39 is 5.92 Å². The Morgan fingerprint density at radius 3 is 2.86 bits per heavy atom. The predicted octanol–water partition coefficient (Wildman–Crippen LogP) is 2.85. The third-order valence-electron chi connectivity index (χ3n) is 4.70. The van der Waals surface area contributed by atoms with Gasteiger partial charge in [-0.1, -0.05) is 18.2 Å². The van der Waals surface area contributed by atoms with E-state index in [2.05, 4.69) is 11.1 Å². The lowest BCUT2D eigenvalue weighted by Crippen LogP contribution is -2.27. The van der Waals surface area contributed by atoms with Gasteiger partial charge in [0.05, 0.1) is 23.6 Å². The number of pyridine rings is 1. The molecule has 2 aromatic carbocycles. The largest absolute Gasteiger partial charge is 0.504 e. The molecule has 4 N–H and O–H groups in total. The summed E-state index contributed by atoms with van der Waals surface area (Å²) in [7, 11) is 0. The number of aromatic amines is 1. The zero-order valence-electron chi connectivity index (χ0n) is 15.0. The van der Waals surface area contributed by atoms with E-state index in [-0.39, 0.29) is 34.1 Å². The van der Waals surface area contributed by atoms with Crippen molar-refractivity contribution in [1.29, 1.82) is 5.26 Å². The molecule has 1 aliphatic heterocycles. The van der Waals surface area contributed by atoms with Crippen molar-refractivity contribution in [2.75, 3.05) is 6.61 Å². The summed E-state index contributed by atoms with van der Waals surface area (Å²) in [5.74, 6) is -0.238. The number of aromatic hydroxyl groups is 1. The maximum absolute atomic E-state index is 12.9. The highest BCUT2D eigenvalue weighted by Crippen LogP contribution is 2.44. The van der Waals surface area contributed by atoms with Gasteiger partial charge in [-0.3, -0.25) is 4.79 Å². The van der Waals surface area contributed by atoms with Crippen LogP contribution in [-0.2, 0) is 0 Å². The first-order chi connectivity index (χ1) is 13.5. The van der Waals surface area contributed by atoms with Crippen LogP contribution in [0.15, 0.2) is 58.7 Å². The van der Waals surface area contributed by atoms with E-state index >= 15 is 0 Å². The van der Waals surface area contributed by atoms with Crippen molar-refractivity contribution < 1.29 is 14.6 Å². The predicted molar refractivity (Wildman–Crippen MR) is 103 cm³/mol. The molecule has 0 saturated heterocycles. The Morgan fingerprint density at radius 1 is 1.32 bits per heavy atom. The van der Waals surface area contributed by atoms with E-state index in [1.807, 2.05) is 12.1 Å². The number of benzene rings is 2. The monoisotopic (exact) mass is 375 g/mol.